The summed E-state index contributed by atoms with van der Waals surface area (Å²) >= 11 is 6.00. The van der Waals surface area contributed by atoms with Gasteiger partial charge in [0.25, 0.3) is 0 Å². The molecule has 0 aliphatic rings. The molecule has 0 aliphatic carbocycles. The molecule has 2 nitrogen and oxygen atoms in total. The van der Waals surface area contributed by atoms with Crippen molar-refractivity contribution in [1.29, 1.82) is 0 Å². The molecule has 1 N–H and O–H groups in total. The first kappa shape index (κ1) is 24.5. The van der Waals surface area contributed by atoms with E-state index in [2.05, 4.69) is 32.6 Å². The highest BCUT2D eigenvalue weighted by Crippen LogP contribution is 2.23. The molecule has 0 aromatic heterocycles. The van der Waals surface area contributed by atoms with Gasteiger partial charge in [0.1, 0.15) is 0 Å². The van der Waals surface area contributed by atoms with Gasteiger partial charge in [-0.1, -0.05) is 90.0 Å². The van der Waals surface area contributed by atoms with Gasteiger partial charge in [0.05, 0.1) is 6.10 Å². The van der Waals surface area contributed by atoms with Gasteiger partial charge in [-0.3, -0.25) is 4.90 Å². The molecule has 0 saturated carbocycles. The summed E-state index contributed by atoms with van der Waals surface area (Å²) in [5, 5.41) is 11.5. The third-order valence-corrected chi connectivity index (χ3v) is 6.06. The van der Waals surface area contributed by atoms with Gasteiger partial charge in [0.15, 0.2) is 0 Å². The molecule has 0 unspecified atom stereocenters. The van der Waals surface area contributed by atoms with E-state index in [4.69, 9.17) is 11.6 Å². The fourth-order valence-corrected chi connectivity index (χ4v) is 3.95. The zero-order chi connectivity index (χ0) is 20.1. The lowest BCUT2D eigenvalue weighted by Gasteiger charge is -2.32. The lowest BCUT2D eigenvalue weighted by molar-refractivity contribution is 0.0879. The van der Waals surface area contributed by atoms with E-state index in [9.17, 15) is 5.11 Å². The minimum absolute atomic E-state index is 0.449. The summed E-state index contributed by atoms with van der Waals surface area (Å²) in [6, 6.07) is 7.65. The molecule has 156 valence electrons. The molecule has 3 heteroatoms. The maximum Gasteiger partial charge on any atom is 0.0916 e. The van der Waals surface area contributed by atoms with E-state index in [0.29, 0.717) is 6.54 Å². The number of benzene rings is 1. The fourth-order valence-electron chi connectivity index (χ4n) is 3.82. The zero-order valence-electron chi connectivity index (χ0n) is 18.1. The van der Waals surface area contributed by atoms with Crippen LogP contribution in [0.15, 0.2) is 24.3 Å². The highest BCUT2D eigenvalue weighted by atomic mass is 35.5. The third kappa shape index (κ3) is 9.96. The van der Waals surface area contributed by atoms with Gasteiger partial charge in [0.2, 0.25) is 0 Å². The Kier molecular flexibility index (Phi) is 13.1. The summed E-state index contributed by atoms with van der Waals surface area (Å²) in [7, 11) is 0. The van der Waals surface area contributed by atoms with Crippen molar-refractivity contribution < 1.29 is 5.11 Å². The minimum Gasteiger partial charge on any atom is -0.387 e. The van der Waals surface area contributed by atoms with E-state index in [1.807, 2.05) is 24.3 Å². The summed E-state index contributed by atoms with van der Waals surface area (Å²) < 4.78 is 0. The molecule has 3 atom stereocenters. The van der Waals surface area contributed by atoms with Gasteiger partial charge < -0.3 is 5.11 Å². The second-order valence-corrected chi connectivity index (χ2v) is 8.56. The van der Waals surface area contributed by atoms with Gasteiger partial charge in [-0.15, -0.1) is 0 Å². The summed E-state index contributed by atoms with van der Waals surface area (Å²) in [4.78, 5) is 2.53. The van der Waals surface area contributed by atoms with Gasteiger partial charge in [-0.05, 0) is 42.4 Å². The smallest absolute Gasteiger partial charge is 0.0916 e. The monoisotopic (exact) mass is 395 g/mol. The number of aliphatic hydroxyl groups excluding tert-OH is 1. The zero-order valence-corrected chi connectivity index (χ0v) is 18.8. The number of aliphatic hydroxyl groups is 1. The predicted octanol–water partition coefficient (Wildman–Crippen LogP) is 7.11. The van der Waals surface area contributed by atoms with Crippen LogP contribution in [-0.2, 0) is 0 Å². The molecule has 0 bridgehead atoms. The molecular weight excluding hydrogens is 354 g/mol. The molecule has 0 radical (unpaired) electrons. The molecule has 27 heavy (non-hydrogen) atoms. The van der Waals surface area contributed by atoms with Gasteiger partial charge in [-0.2, -0.15) is 0 Å². The Bertz CT molecular complexity index is 458. The standard InChI is InChI=1S/C24H42ClNO/c1-5-9-11-20(7-3)17-26(18-21(8-4)12-10-6-2)19-24(27)22-13-15-23(25)16-14-22/h13-16,20-21,24,27H,5-12,17-19H2,1-4H3/t20-,21+,24-/m0/s1. The Morgan fingerprint density at radius 3 is 1.70 bits per heavy atom. The predicted molar refractivity (Wildman–Crippen MR) is 119 cm³/mol. The number of nitrogens with zero attached hydrogens (tertiary/aromatic N) is 1. The van der Waals surface area contributed by atoms with Crippen LogP contribution >= 0.6 is 11.6 Å². The molecule has 0 heterocycles. The fraction of sp³-hybridized carbons (Fsp3) is 0.750. The van der Waals surface area contributed by atoms with Gasteiger partial charge in [0, 0.05) is 24.7 Å². The SMILES string of the molecule is CCCC[C@@H](CC)CN(C[C@@H](CC)CCCC)C[C@H](O)c1ccc(Cl)cc1. The van der Waals surface area contributed by atoms with Crippen molar-refractivity contribution in [3.63, 3.8) is 0 Å². The van der Waals surface area contributed by atoms with Crippen molar-refractivity contribution in [1.82, 2.24) is 4.90 Å². The van der Waals surface area contributed by atoms with E-state index < -0.39 is 6.10 Å². The maximum absolute atomic E-state index is 10.8. The molecular formula is C24H42ClNO. The third-order valence-electron chi connectivity index (χ3n) is 5.81. The highest BCUT2D eigenvalue weighted by molar-refractivity contribution is 6.30. The number of hydrogen-bond acceptors (Lipinski definition) is 2. The summed E-state index contributed by atoms with van der Waals surface area (Å²) in [6.45, 7) is 12.1. The van der Waals surface area contributed by atoms with Crippen LogP contribution in [0.5, 0.6) is 0 Å². The number of unbranched alkanes of at least 4 members (excludes halogenated alkanes) is 2. The van der Waals surface area contributed by atoms with Crippen LogP contribution in [0.2, 0.25) is 5.02 Å². The lowest BCUT2D eigenvalue weighted by atomic mass is 9.95. The molecule has 0 aliphatic heterocycles. The minimum atomic E-state index is -0.449. The average Bonchev–Trinajstić information content (AvgIpc) is 2.68. The Morgan fingerprint density at radius 1 is 0.815 bits per heavy atom. The molecule has 0 fully saturated rings. The summed E-state index contributed by atoms with van der Waals surface area (Å²) in [5.74, 6) is 1.46. The molecule has 0 spiro atoms. The second-order valence-electron chi connectivity index (χ2n) is 8.12. The van der Waals surface area contributed by atoms with Crippen molar-refractivity contribution in [2.24, 2.45) is 11.8 Å². The average molecular weight is 396 g/mol. The Labute approximate surface area is 173 Å². The summed E-state index contributed by atoms with van der Waals surface area (Å²) in [5.41, 5.74) is 0.965. The van der Waals surface area contributed by atoms with E-state index >= 15 is 0 Å². The molecule has 1 aromatic rings. The number of hydrogen-bond donors (Lipinski definition) is 1. The van der Waals surface area contributed by atoms with Crippen molar-refractivity contribution in [3.05, 3.63) is 34.9 Å². The molecule has 0 saturated heterocycles. The van der Waals surface area contributed by atoms with Gasteiger partial charge >= 0.3 is 0 Å². The highest BCUT2D eigenvalue weighted by Gasteiger charge is 2.20. The van der Waals surface area contributed by atoms with Crippen LogP contribution in [0, 0.1) is 11.8 Å². The largest absolute Gasteiger partial charge is 0.387 e. The number of halogens is 1. The van der Waals surface area contributed by atoms with Crippen molar-refractivity contribution in [3.8, 4) is 0 Å². The molecule has 1 aromatic carbocycles. The van der Waals surface area contributed by atoms with E-state index in [1.54, 1.807) is 0 Å². The Morgan fingerprint density at radius 2 is 1.30 bits per heavy atom. The maximum atomic E-state index is 10.8. The van der Waals surface area contributed by atoms with Crippen LogP contribution in [0.3, 0.4) is 0 Å². The van der Waals surface area contributed by atoms with Crippen LogP contribution in [0.4, 0.5) is 0 Å². The van der Waals surface area contributed by atoms with Crippen molar-refractivity contribution in [2.75, 3.05) is 19.6 Å². The van der Waals surface area contributed by atoms with E-state index in [1.165, 1.54) is 51.4 Å². The first-order valence-corrected chi connectivity index (χ1v) is 11.6. The van der Waals surface area contributed by atoms with E-state index in [0.717, 1.165) is 35.5 Å². The second kappa shape index (κ2) is 14.4. The normalized spacial score (nSPS) is 15.1. The van der Waals surface area contributed by atoms with Crippen LogP contribution < -0.4 is 0 Å². The number of rotatable bonds is 15. The first-order valence-electron chi connectivity index (χ1n) is 11.2. The van der Waals surface area contributed by atoms with Crippen LogP contribution in [0.1, 0.15) is 90.7 Å². The lowest BCUT2D eigenvalue weighted by Crippen LogP contribution is -2.37. The molecule has 1 rings (SSSR count). The quantitative estimate of drug-likeness (QED) is 0.342. The van der Waals surface area contributed by atoms with Crippen LogP contribution in [0.25, 0.3) is 0 Å². The van der Waals surface area contributed by atoms with E-state index in [-0.39, 0.29) is 0 Å². The van der Waals surface area contributed by atoms with Crippen molar-refractivity contribution in [2.45, 2.75) is 85.2 Å². The van der Waals surface area contributed by atoms with Crippen molar-refractivity contribution >= 4 is 11.6 Å². The summed E-state index contributed by atoms with van der Waals surface area (Å²) in [6.07, 6.45) is 9.72. The molecule has 0 amide bonds. The Balaban J connectivity index is 2.78. The first-order chi connectivity index (χ1) is 13.0. The van der Waals surface area contributed by atoms with Gasteiger partial charge in [-0.25, -0.2) is 0 Å². The Hall–Kier alpha value is -0.570. The van der Waals surface area contributed by atoms with Crippen LogP contribution in [-0.4, -0.2) is 29.6 Å². The topological polar surface area (TPSA) is 23.5 Å².